The predicted molar refractivity (Wildman–Crippen MR) is 70.8 cm³/mol. The Bertz CT molecular complexity index is 229. The first-order valence-electron chi connectivity index (χ1n) is 6.98. The van der Waals surface area contributed by atoms with Gasteiger partial charge in [0.15, 0.2) is 0 Å². The molecule has 4 heteroatoms. The quantitative estimate of drug-likeness (QED) is 0.695. The first kappa shape index (κ1) is 14.5. The van der Waals surface area contributed by atoms with Gasteiger partial charge in [-0.3, -0.25) is 10.1 Å². The van der Waals surface area contributed by atoms with Gasteiger partial charge in [0, 0.05) is 6.54 Å². The minimum Gasteiger partial charge on any atom is -0.326 e. The molecular formula is C13H27N3O. The van der Waals surface area contributed by atoms with Crippen molar-refractivity contribution in [1.82, 2.24) is 15.1 Å². The topological polar surface area (TPSA) is 35.6 Å². The van der Waals surface area contributed by atoms with Crippen molar-refractivity contribution in [3.05, 3.63) is 0 Å². The summed E-state index contributed by atoms with van der Waals surface area (Å²) in [5.74, 6) is 0.267. The number of nitrogens with one attached hydrogen (secondary N) is 1. The number of hydrogen-bond donors (Lipinski definition) is 1. The molecule has 4 nitrogen and oxygen atoms in total. The third kappa shape index (κ3) is 4.28. The molecule has 1 N–H and O–H groups in total. The highest BCUT2D eigenvalue weighted by atomic mass is 16.2. The van der Waals surface area contributed by atoms with E-state index in [1.807, 2.05) is 4.90 Å². The maximum Gasteiger partial charge on any atom is 0.237 e. The molecule has 0 aromatic heterocycles. The van der Waals surface area contributed by atoms with Gasteiger partial charge in [0.2, 0.25) is 5.91 Å². The van der Waals surface area contributed by atoms with Gasteiger partial charge in [0.25, 0.3) is 0 Å². The minimum atomic E-state index is 0.267. The lowest BCUT2D eigenvalue weighted by Crippen LogP contribution is -2.39. The first-order chi connectivity index (χ1) is 8.22. The summed E-state index contributed by atoms with van der Waals surface area (Å²) in [6.45, 7) is 11.2. The second kappa shape index (κ2) is 7.67. The van der Waals surface area contributed by atoms with Crippen LogP contribution in [-0.4, -0.2) is 54.6 Å². The second-order valence-corrected chi connectivity index (χ2v) is 4.65. The van der Waals surface area contributed by atoms with Crippen LogP contribution in [0.1, 0.15) is 40.0 Å². The first-order valence-corrected chi connectivity index (χ1v) is 6.98. The lowest BCUT2D eigenvalue weighted by Gasteiger charge is -2.25. The van der Waals surface area contributed by atoms with Gasteiger partial charge in [-0.2, -0.15) is 0 Å². The Morgan fingerprint density at radius 1 is 1.35 bits per heavy atom. The molecule has 100 valence electrons. The van der Waals surface area contributed by atoms with Crippen LogP contribution in [0.15, 0.2) is 0 Å². The largest absolute Gasteiger partial charge is 0.326 e. The molecule has 17 heavy (non-hydrogen) atoms. The average molecular weight is 241 g/mol. The van der Waals surface area contributed by atoms with E-state index in [9.17, 15) is 4.79 Å². The fourth-order valence-corrected chi connectivity index (χ4v) is 2.41. The van der Waals surface area contributed by atoms with Gasteiger partial charge in [0.1, 0.15) is 0 Å². The summed E-state index contributed by atoms with van der Waals surface area (Å²) in [6, 6.07) is 0. The summed E-state index contributed by atoms with van der Waals surface area (Å²) in [6.07, 6.45) is 3.55. The molecule has 1 aliphatic heterocycles. The van der Waals surface area contributed by atoms with Crippen molar-refractivity contribution >= 4 is 5.91 Å². The van der Waals surface area contributed by atoms with Crippen LogP contribution in [0.5, 0.6) is 0 Å². The summed E-state index contributed by atoms with van der Waals surface area (Å²) in [5, 5.41) is 3.29. The van der Waals surface area contributed by atoms with Crippen LogP contribution in [-0.2, 0) is 4.79 Å². The fraction of sp³-hybridized carbons (Fsp3) is 0.923. The molecule has 0 aromatic rings. The number of carbonyl (C=O) groups excluding carboxylic acids is 1. The zero-order valence-corrected chi connectivity index (χ0v) is 11.5. The molecule has 0 spiro atoms. The minimum absolute atomic E-state index is 0.267. The molecule has 1 aliphatic rings. The third-order valence-electron chi connectivity index (χ3n) is 3.52. The second-order valence-electron chi connectivity index (χ2n) is 4.65. The van der Waals surface area contributed by atoms with E-state index < -0.39 is 0 Å². The van der Waals surface area contributed by atoms with Crippen molar-refractivity contribution in [3.8, 4) is 0 Å². The molecule has 1 rings (SSSR count). The smallest absolute Gasteiger partial charge is 0.237 e. The van der Waals surface area contributed by atoms with Crippen molar-refractivity contribution in [2.75, 3.05) is 32.7 Å². The van der Waals surface area contributed by atoms with Gasteiger partial charge < -0.3 is 9.80 Å². The average Bonchev–Trinajstić information content (AvgIpc) is 2.67. The molecule has 0 aliphatic carbocycles. The summed E-state index contributed by atoms with van der Waals surface area (Å²) in [4.78, 5) is 16.2. The number of rotatable bonds is 8. The molecule has 0 bridgehead atoms. The van der Waals surface area contributed by atoms with E-state index in [0.717, 1.165) is 45.4 Å². The molecule has 0 aromatic carbocycles. The molecule has 0 radical (unpaired) electrons. The molecule has 1 saturated heterocycles. The number of hydrogen-bond acceptors (Lipinski definition) is 3. The Balaban J connectivity index is 2.30. The lowest BCUT2D eigenvalue weighted by atomic mass is 10.2. The highest BCUT2D eigenvalue weighted by molar-refractivity contribution is 5.80. The van der Waals surface area contributed by atoms with E-state index in [4.69, 9.17) is 0 Å². The number of nitrogens with zero attached hydrogens (tertiary/aromatic N) is 2. The highest BCUT2D eigenvalue weighted by Crippen LogP contribution is 2.11. The highest BCUT2D eigenvalue weighted by Gasteiger charge is 2.28. The van der Waals surface area contributed by atoms with Gasteiger partial charge in [0.05, 0.1) is 12.7 Å². The van der Waals surface area contributed by atoms with E-state index in [1.165, 1.54) is 0 Å². The van der Waals surface area contributed by atoms with E-state index in [1.54, 1.807) is 0 Å². The Labute approximate surface area is 105 Å². The van der Waals surface area contributed by atoms with E-state index in [0.29, 0.717) is 6.54 Å². The van der Waals surface area contributed by atoms with Gasteiger partial charge in [-0.05, 0) is 32.5 Å². The monoisotopic (exact) mass is 241 g/mol. The summed E-state index contributed by atoms with van der Waals surface area (Å²) in [7, 11) is 0. The van der Waals surface area contributed by atoms with Crippen LogP contribution in [0.2, 0.25) is 0 Å². The van der Waals surface area contributed by atoms with Crippen LogP contribution < -0.4 is 5.32 Å². The summed E-state index contributed by atoms with van der Waals surface area (Å²) >= 11 is 0. The van der Waals surface area contributed by atoms with Gasteiger partial charge in [-0.25, -0.2) is 0 Å². The zero-order chi connectivity index (χ0) is 12.7. The number of amides is 1. The molecule has 1 atom stereocenters. The van der Waals surface area contributed by atoms with Gasteiger partial charge in [-0.15, -0.1) is 0 Å². The van der Waals surface area contributed by atoms with Gasteiger partial charge >= 0.3 is 0 Å². The Morgan fingerprint density at radius 3 is 2.65 bits per heavy atom. The van der Waals surface area contributed by atoms with Crippen LogP contribution in [0.25, 0.3) is 0 Å². The zero-order valence-electron chi connectivity index (χ0n) is 11.5. The van der Waals surface area contributed by atoms with Crippen LogP contribution in [0.3, 0.4) is 0 Å². The molecule has 0 saturated carbocycles. The third-order valence-corrected chi connectivity index (χ3v) is 3.52. The fourth-order valence-electron chi connectivity index (χ4n) is 2.41. The normalized spacial score (nSPS) is 20.6. The maximum absolute atomic E-state index is 11.7. The van der Waals surface area contributed by atoms with Crippen LogP contribution in [0.4, 0.5) is 0 Å². The van der Waals surface area contributed by atoms with E-state index in [2.05, 4.69) is 31.0 Å². The predicted octanol–water partition coefficient (Wildman–Crippen LogP) is 1.28. The van der Waals surface area contributed by atoms with Crippen molar-refractivity contribution in [3.63, 3.8) is 0 Å². The van der Waals surface area contributed by atoms with Crippen molar-refractivity contribution < 1.29 is 4.79 Å². The summed E-state index contributed by atoms with van der Waals surface area (Å²) in [5.41, 5.74) is 0. The SMILES string of the molecule is CCCC1NCC(=O)N1CCCN(CC)CC. The van der Waals surface area contributed by atoms with Crippen molar-refractivity contribution in [2.24, 2.45) is 0 Å². The lowest BCUT2D eigenvalue weighted by molar-refractivity contribution is -0.128. The Morgan fingerprint density at radius 2 is 2.06 bits per heavy atom. The molecule has 1 amide bonds. The van der Waals surface area contributed by atoms with Crippen LogP contribution >= 0.6 is 0 Å². The molecule has 1 fully saturated rings. The molecule has 1 heterocycles. The summed E-state index contributed by atoms with van der Waals surface area (Å²) < 4.78 is 0. The standard InChI is InChI=1S/C13H27N3O/c1-4-8-12-14-11-13(17)16(12)10-7-9-15(5-2)6-3/h12,14H,4-11H2,1-3H3. The molecular weight excluding hydrogens is 214 g/mol. The molecule has 1 unspecified atom stereocenters. The Hall–Kier alpha value is -0.610. The van der Waals surface area contributed by atoms with E-state index >= 15 is 0 Å². The Kier molecular flexibility index (Phi) is 6.52. The number of carbonyl (C=O) groups is 1. The van der Waals surface area contributed by atoms with E-state index in [-0.39, 0.29) is 12.1 Å². The van der Waals surface area contributed by atoms with Crippen molar-refractivity contribution in [1.29, 1.82) is 0 Å². The van der Waals surface area contributed by atoms with Gasteiger partial charge in [-0.1, -0.05) is 27.2 Å². The maximum atomic E-state index is 11.7. The van der Waals surface area contributed by atoms with Crippen molar-refractivity contribution in [2.45, 2.75) is 46.2 Å². The van der Waals surface area contributed by atoms with Crippen LogP contribution in [0, 0.1) is 0 Å².